The molecule has 0 aromatic heterocycles. The van der Waals surface area contributed by atoms with Crippen molar-refractivity contribution in [3.63, 3.8) is 0 Å². The Morgan fingerprint density at radius 1 is 1.05 bits per heavy atom. The summed E-state index contributed by atoms with van der Waals surface area (Å²) in [7, 11) is 0.790. The van der Waals surface area contributed by atoms with Crippen molar-refractivity contribution in [1.82, 2.24) is 0 Å². The molecule has 0 radical (unpaired) electrons. The molecule has 5 nitrogen and oxygen atoms in total. The maximum atomic E-state index is 5.74. The van der Waals surface area contributed by atoms with Crippen LogP contribution < -0.4 is 0 Å². The molecule has 0 aromatic rings. The van der Waals surface area contributed by atoms with Crippen molar-refractivity contribution in [1.29, 1.82) is 0 Å². The van der Waals surface area contributed by atoms with Crippen LogP contribution >= 0.6 is 0 Å². The van der Waals surface area contributed by atoms with Gasteiger partial charge in [0, 0.05) is 19.3 Å². The molecule has 0 saturated carbocycles. The number of rotatable bonds is 14. The van der Waals surface area contributed by atoms with Crippen LogP contribution in [0.15, 0.2) is 0 Å². The molecular weight excluding hydrogens is 300 g/mol. The molecule has 22 heavy (non-hydrogen) atoms. The minimum absolute atomic E-state index is 0.209. The zero-order valence-electron chi connectivity index (χ0n) is 14.3. The summed E-state index contributed by atoms with van der Waals surface area (Å²) in [6, 6.07) is 0. The molecule has 2 rings (SSSR count). The Kier molecular flexibility index (Phi) is 7.80. The second-order valence-electron chi connectivity index (χ2n) is 6.80. The molecule has 0 spiro atoms. The summed E-state index contributed by atoms with van der Waals surface area (Å²) in [5.41, 5.74) is 0.209. The van der Waals surface area contributed by atoms with Gasteiger partial charge in [-0.05, 0) is 38.0 Å². The predicted molar refractivity (Wildman–Crippen MR) is 88.2 cm³/mol. The van der Waals surface area contributed by atoms with E-state index in [1.807, 2.05) is 0 Å². The molecule has 2 saturated heterocycles. The average molecular weight is 333 g/mol. The lowest BCUT2D eigenvalue weighted by Gasteiger charge is -2.35. The Labute approximate surface area is 137 Å². The van der Waals surface area contributed by atoms with Crippen LogP contribution in [0, 0.1) is 5.41 Å². The third-order valence-corrected chi connectivity index (χ3v) is 5.53. The van der Waals surface area contributed by atoms with Crippen LogP contribution in [0.4, 0.5) is 0 Å². The summed E-state index contributed by atoms with van der Waals surface area (Å²) >= 11 is 0. The Morgan fingerprint density at radius 3 is 1.86 bits per heavy atom. The molecule has 2 heterocycles. The van der Waals surface area contributed by atoms with Gasteiger partial charge in [0.1, 0.15) is 22.7 Å². The summed E-state index contributed by atoms with van der Waals surface area (Å²) in [6.07, 6.45) is 5.45. The number of hydrogen-bond donors (Lipinski definition) is 0. The standard InChI is InChI=1S/C16H32O5Si/c1-13(21-22)16(2,5-3-7-17-9-14-11-19-14)6-4-8-18-10-15-12-20-15/h13-15H,3-12H2,1-2,22H3. The molecule has 2 aliphatic heterocycles. The third-order valence-electron chi connectivity index (χ3n) is 4.82. The fourth-order valence-corrected chi connectivity index (χ4v) is 3.30. The topological polar surface area (TPSA) is 52.8 Å². The smallest absolute Gasteiger partial charge is 0.146 e. The van der Waals surface area contributed by atoms with E-state index >= 15 is 0 Å². The SMILES string of the molecule is CC(O[SiH3])C(C)(CCCOCC1CO1)CCCOCC1CO1. The van der Waals surface area contributed by atoms with Crippen molar-refractivity contribution in [2.75, 3.05) is 39.6 Å². The van der Waals surface area contributed by atoms with E-state index in [1.54, 1.807) is 0 Å². The molecule has 0 aliphatic carbocycles. The van der Waals surface area contributed by atoms with Gasteiger partial charge in [-0.25, -0.2) is 0 Å². The van der Waals surface area contributed by atoms with Crippen molar-refractivity contribution in [3.8, 4) is 0 Å². The maximum absolute atomic E-state index is 5.74. The Bertz CT molecular complexity index is 285. The predicted octanol–water partition coefficient (Wildman–Crippen LogP) is 1.07. The average Bonchev–Trinajstić information content (AvgIpc) is 3.39. The zero-order valence-corrected chi connectivity index (χ0v) is 16.3. The van der Waals surface area contributed by atoms with Gasteiger partial charge in [-0.15, -0.1) is 0 Å². The zero-order chi connectivity index (χ0) is 15.8. The number of epoxide rings is 2. The van der Waals surface area contributed by atoms with Gasteiger partial charge in [0.25, 0.3) is 0 Å². The molecule has 0 bridgehead atoms. The molecular formula is C16H32O5Si. The fourth-order valence-electron chi connectivity index (χ4n) is 2.73. The molecule has 0 aromatic carbocycles. The van der Waals surface area contributed by atoms with Gasteiger partial charge < -0.3 is 23.4 Å². The van der Waals surface area contributed by atoms with Crippen molar-refractivity contribution in [3.05, 3.63) is 0 Å². The van der Waals surface area contributed by atoms with Crippen molar-refractivity contribution in [2.24, 2.45) is 5.41 Å². The largest absolute Gasteiger partial charge is 0.425 e. The van der Waals surface area contributed by atoms with E-state index in [0.717, 1.165) is 75.8 Å². The lowest BCUT2D eigenvalue weighted by molar-refractivity contribution is 0.0368. The van der Waals surface area contributed by atoms with Gasteiger partial charge in [0.15, 0.2) is 0 Å². The molecule has 3 unspecified atom stereocenters. The van der Waals surface area contributed by atoms with Gasteiger partial charge in [0.2, 0.25) is 0 Å². The fraction of sp³-hybridized carbons (Fsp3) is 1.00. The van der Waals surface area contributed by atoms with Gasteiger partial charge in [-0.2, -0.15) is 0 Å². The Balaban J connectivity index is 1.58. The maximum Gasteiger partial charge on any atom is 0.146 e. The van der Waals surface area contributed by atoms with E-state index in [9.17, 15) is 0 Å². The van der Waals surface area contributed by atoms with E-state index < -0.39 is 0 Å². The van der Waals surface area contributed by atoms with Crippen LogP contribution in [0.3, 0.4) is 0 Å². The first kappa shape index (κ1) is 18.4. The highest BCUT2D eigenvalue weighted by Gasteiger charge is 2.30. The monoisotopic (exact) mass is 332 g/mol. The molecule has 2 fully saturated rings. The molecule has 0 N–H and O–H groups in total. The van der Waals surface area contributed by atoms with Crippen LogP contribution in [-0.4, -0.2) is 68.4 Å². The second-order valence-corrected chi connectivity index (χ2v) is 7.27. The minimum atomic E-state index is 0.209. The quantitative estimate of drug-likeness (QED) is 0.271. The van der Waals surface area contributed by atoms with Crippen LogP contribution in [0.5, 0.6) is 0 Å². The second kappa shape index (κ2) is 9.35. The van der Waals surface area contributed by atoms with Gasteiger partial charge in [0.05, 0.1) is 26.4 Å². The molecule has 6 heteroatoms. The van der Waals surface area contributed by atoms with Crippen LogP contribution in [0.25, 0.3) is 0 Å². The van der Waals surface area contributed by atoms with Gasteiger partial charge >= 0.3 is 0 Å². The highest BCUT2D eigenvalue weighted by molar-refractivity contribution is 5.98. The highest BCUT2D eigenvalue weighted by Crippen LogP contribution is 2.34. The summed E-state index contributed by atoms with van der Waals surface area (Å²) < 4.78 is 27.3. The van der Waals surface area contributed by atoms with Crippen LogP contribution in [0.1, 0.15) is 39.5 Å². The first-order valence-electron chi connectivity index (χ1n) is 8.55. The Hall–Kier alpha value is 0.0169. The molecule has 130 valence electrons. The Morgan fingerprint density at radius 2 is 1.50 bits per heavy atom. The summed E-state index contributed by atoms with van der Waals surface area (Å²) in [5, 5.41) is 0. The van der Waals surface area contributed by atoms with Crippen molar-refractivity contribution in [2.45, 2.75) is 57.8 Å². The normalized spacial score (nSPS) is 27.5. The first-order chi connectivity index (χ1) is 10.6. The summed E-state index contributed by atoms with van der Waals surface area (Å²) in [4.78, 5) is 0. The van der Waals surface area contributed by atoms with Crippen LogP contribution in [0.2, 0.25) is 0 Å². The van der Waals surface area contributed by atoms with E-state index in [0.29, 0.717) is 18.3 Å². The first-order valence-corrected chi connectivity index (χ1v) is 9.37. The van der Waals surface area contributed by atoms with Gasteiger partial charge in [-0.1, -0.05) is 6.92 Å². The van der Waals surface area contributed by atoms with E-state index in [4.69, 9.17) is 23.4 Å². The van der Waals surface area contributed by atoms with Crippen molar-refractivity contribution < 1.29 is 23.4 Å². The van der Waals surface area contributed by atoms with E-state index in [2.05, 4.69) is 13.8 Å². The van der Waals surface area contributed by atoms with Crippen LogP contribution in [-0.2, 0) is 23.4 Å². The van der Waals surface area contributed by atoms with E-state index in [-0.39, 0.29) is 5.41 Å². The van der Waals surface area contributed by atoms with Crippen molar-refractivity contribution >= 4 is 10.5 Å². The number of ether oxygens (including phenoxy) is 4. The summed E-state index contributed by atoms with van der Waals surface area (Å²) in [5.74, 6) is 0. The highest BCUT2D eigenvalue weighted by atomic mass is 28.2. The lowest BCUT2D eigenvalue weighted by Crippen LogP contribution is -2.32. The molecule has 3 atom stereocenters. The minimum Gasteiger partial charge on any atom is -0.425 e. The van der Waals surface area contributed by atoms with Gasteiger partial charge in [-0.3, -0.25) is 0 Å². The summed E-state index contributed by atoms with van der Waals surface area (Å²) in [6.45, 7) is 9.41. The molecule has 2 aliphatic rings. The third kappa shape index (κ3) is 7.06. The van der Waals surface area contributed by atoms with E-state index in [1.165, 1.54) is 0 Å². The lowest BCUT2D eigenvalue weighted by atomic mass is 9.77. The number of hydrogen-bond acceptors (Lipinski definition) is 5. The molecule has 0 amide bonds.